The van der Waals surface area contributed by atoms with Crippen molar-refractivity contribution in [3.63, 3.8) is 0 Å². The summed E-state index contributed by atoms with van der Waals surface area (Å²) in [5.41, 5.74) is 3.46. The lowest BCUT2D eigenvalue weighted by atomic mass is 10.2. The quantitative estimate of drug-likeness (QED) is 0.721. The van der Waals surface area contributed by atoms with E-state index in [0.717, 1.165) is 27.9 Å². The molecule has 1 aromatic carbocycles. The van der Waals surface area contributed by atoms with Crippen LogP contribution in [-0.2, 0) is 6.54 Å². The highest BCUT2D eigenvalue weighted by atomic mass is 32.2. The first-order chi connectivity index (χ1) is 14.4. The van der Waals surface area contributed by atoms with Crippen LogP contribution in [0.4, 0.5) is 13.2 Å². The van der Waals surface area contributed by atoms with Gasteiger partial charge in [0.25, 0.3) is 0 Å². The molecule has 1 aromatic heterocycles. The number of nitrogens with zero attached hydrogens (tertiary/aromatic N) is 5. The average molecular weight is 436 g/mol. The molecule has 4 rings (SSSR count). The molecule has 1 atom stereocenters. The largest absolute Gasteiger partial charge is 0.497 e. The Labute approximate surface area is 173 Å². The number of H-pyrrole nitrogens is 1. The molecule has 0 radical (unpaired) electrons. The van der Waals surface area contributed by atoms with Crippen molar-refractivity contribution in [2.45, 2.75) is 18.9 Å². The first-order valence-corrected chi connectivity index (χ1v) is 10.00. The lowest BCUT2D eigenvalue weighted by Crippen LogP contribution is -2.50. The molecule has 2 aromatic rings. The minimum atomic E-state index is -4.54. The predicted octanol–water partition coefficient (Wildman–Crippen LogP) is 2.65. The van der Waals surface area contributed by atoms with Crippen LogP contribution in [0.2, 0.25) is 0 Å². The highest BCUT2D eigenvalue weighted by molar-refractivity contribution is 8.13. The van der Waals surface area contributed by atoms with Gasteiger partial charge in [-0.3, -0.25) is 4.99 Å². The van der Waals surface area contributed by atoms with E-state index in [0.29, 0.717) is 11.0 Å². The fraction of sp³-hybridized carbons (Fsp3) is 0.278. The molecular weight excluding hydrogens is 419 g/mol. The molecule has 30 heavy (non-hydrogen) atoms. The van der Waals surface area contributed by atoms with Crippen molar-refractivity contribution in [1.29, 1.82) is 0 Å². The van der Waals surface area contributed by atoms with Gasteiger partial charge in [0.05, 0.1) is 25.5 Å². The van der Waals surface area contributed by atoms with Gasteiger partial charge in [-0.2, -0.15) is 18.2 Å². The molecule has 1 unspecified atom stereocenters. The maximum atomic E-state index is 13.2. The Morgan fingerprint density at radius 2 is 2.03 bits per heavy atom. The van der Waals surface area contributed by atoms with Gasteiger partial charge in [0, 0.05) is 0 Å². The number of methoxy groups -OCH3 is 1. The number of benzene rings is 1. The van der Waals surface area contributed by atoms with E-state index in [-0.39, 0.29) is 12.4 Å². The van der Waals surface area contributed by atoms with Crippen LogP contribution in [0.1, 0.15) is 5.82 Å². The normalized spacial score (nSPS) is 19.7. The average Bonchev–Trinajstić information content (AvgIpc) is 3.39. The molecule has 8 nitrogen and oxygen atoms in total. The molecule has 0 fully saturated rings. The van der Waals surface area contributed by atoms with Gasteiger partial charge in [-0.1, -0.05) is 16.4 Å². The van der Waals surface area contributed by atoms with Gasteiger partial charge in [-0.25, -0.2) is 9.98 Å². The van der Waals surface area contributed by atoms with Crippen molar-refractivity contribution in [1.82, 2.24) is 15.4 Å². The number of nitrogens with one attached hydrogen (secondary N) is 2. The number of hydrogen-bond acceptors (Lipinski definition) is 6. The number of fused-ring (bicyclic) bond motifs is 1. The van der Waals surface area contributed by atoms with Crippen LogP contribution in [0.5, 0.6) is 5.75 Å². The Kier molecular flexibility index (Phi) is 5.33. The van der Waals surface area contributed by atoms with Crippen molar-refractivity contribution < 1.29 is 22.6 Å². The molecule has 0 spiro atoms. The topological polar surface area (TPSA) is 90.0 Å². The summed E-state index contributed by atoms with van der Waals surface area (Å²) in [7, 11) is 1.60. The van der Waals surface area contributed by atoms with E-state index >= 15 is 0 Å². The number of hydrazone groups is 1. The zero-order valence-corrected chi connectivity index (χ0v) is 16.8. The molecule has 0 amide bonds. The summed E-state index contributed by atoms with van der Waals surface area (Å²) >= 11 is 1.18. The van der Waals surface area contributed by atoms with Gasteiger partial charge < -0.3 is 9.72 Å². The maximum Gasteiger partial charge on any atom is 0.481 e. The van der Waals surface area contributed by atoms with Crippen LogP contribution in [0.3, 0.4) is 0 Å². The van der Waals surface area contributed by atoms with E-state index in [9.17, 15) is 13.2 Å². The van der Waals surface area contributed by atoms with E-state index in [1.54, 1.807) is 19.6 Å². The van der Waals surface area contributed by atoms with Crippen molar-refractivity contribution in [3.8, 4) is 17.0 Å². The van der Waals surface area contributed by atoms with Crippen LogP contribution in [0.25, 0.3) is 11.3 Å². The zero-order valence-electron chi connectivity index (χ0n) is 15.9. The van der Waals surface area contributed by atoms with Crippen molar-refractivity contribution in [2.75, 3.05) is 13.4 Å². The summed E-state index contributed by atoms with van der Waals surface area (Å²) in [5.74, 6) is 1.48. The number of aromatic nitrogens is 2. The Morgan fingerprint density at radius 3 is 2.70 bits per heavy atom. The van der Waals surface area contributed by atoms with Crippen molar-refractivity contribution in [2.24, 2.45) is 15.0 Å². The fourth-order valence-corrected chi connectivity index (χ4v) is 3.30. The Balaban J connectivity index is 1.57. The van der Waals surface area contributed by atoms with Crippen LogP contribution >= 0.6 is 11.8 Å². The number of imidazole rings is 1. The lowest BCUT2D eigenvalue weighted by molar-refractivity contribution is -0.590. The molecular formula is C18H17F3N7OS+. The highest BCUT2D eigenvalue weighted by Gasteiger charge is 2.51. The van der Waals surface area contributed by atoms with Crippen molar-refractivity contribution in [3.05, 3.63) is 36.3 Å². The second kappa shape index (κ2) is 7.94. The first-order valence-electron chi connectivity index (χ1n) is 8.77. The number of thioether (sulfide) groups is 1. The van der Waals surface area contributed by atoms with E-state index < -0.39 is 18.1 Å². The number of aromatic amines is 1. The molecule has 12 heteroatoms. The number of amidine groups is 2. The molecule has 0 bridgehead atoms. The third-order valence-electron chi connectivity index (χ3n) is 4.41. The maximum absolute atomic E-state index is 13.2. The smallest absolute Gasteiger partial charge is 0.481 e. The second-order valence-electron chi connectivity index (χ2n) is 6.28. The van der Waals surface area contributed by atoms with Crippen LogP contribution in [-0.4, -0.2) is 63.3 Å². The summed E-state index contributed by atoms with van der Waals surface area (Å²) in [4.78, 5) is 20.0. The SMILES string of the molecule is COc1ccc(-c2cnc(CN=C3N=C(SC)N[N+]4=C(C(F)(F)F)C=NC34)[nH]2)cc1. The number of ether oxygens (including phenoxy) is 1. The van der Waals surface area contributed by atoms with Gasteiger partial charge >= 0.3 is 18.1 Å². The number of alkyl halides is 3. The van der Waals surface area contributed by atoms with E-state index in [1.165, 1.54) is 11.8 Å². The van der Waals surface area contributed by atoms with Gasteiger partial charge in [0.2, 0.25) is 11.0 Å². The predicted molar refractivity (Wildman–Crippen MR) is 109 cm³/mol. The molecule has 3 heterocycles. The molecule has 2 aliphatic rings. The van der Waals surface area contributed by atoms with Crippen LogP contribution < -0.4 is 10.2 Å². The summed E-state index contributed by atoms with van der Waals surface area (Å²) in [5, 5.41) is 0.301. The van der Waals surface area contributed by atoms with Gasteiger partial charge in [-0.05, 0) is 36.1 Å². The number of rotatable bonds is 4. The first kappa shape index (κ1) is 20.1. The third kappa shape index (κ3) is 3.95. The lowest BCUT2D eigenvalue weighted by Gasteiger charge is -2.16. The zero-order chi connectivity index (χ0) is 21.3. The van der Waals surface area contributed by atoms with Crippen molar-refractivity contribution >= 4 is 34.7 Å². The van der Waals surface area contributed by atoms with Gasteiger partial charge in [0.15, 0.2) is 0 Å². The molecule has 156 valence electrons. The highest BCUT2D eigenvalue weighted by Crippen LogP contribution is 2.23. The standard InChI is InChI=1S/C18H17F3N7OS/c1-29-11-5-3-10(4-6-11)12-7-22-14(25-12)9-23-15-16-24-8-13(18(19,20)21)28(16)27-17(26-15)30-2/h3-8,16H,9H2,1-2H3,(H,22,25)(H,23,26,27)/q+1. The number of halogens is 3. The second-order valence-corrected chi connectivity index (χ2v) is 7.08. The monoisotopic (exact) mass is 436 g/mol. The Bertz CT molecular complexity index is 1070. The van der Waals surface area contributed by atoms with Gasteiger partial charge in [-0.15, -0.1) is 5.43 Å². The Hall–Kier alpha value is -3.15. The van der Waals surface area contributed by atoms with Crippen LogP contribution in [0, 0.1) is 0 Å². The number of aliphatic imine (C=N–C) groups is 3. The molecule has 2 aliphatic heterocycles. The third-order valence-corrected chi connectivity index (χ3v) is 4.98. The van der Waals surface area contributed by atoms with Gasteiger partial charge in [0.1, 0.15) is 17.8 Å². The molecule has 0 saturated carbocycles. The minimum Gasteiger partial charge on any atom is -0.497 e. The summed E-state index contributed by atoms with van der Waals surface area (Å²) < 4.78 is 45.8. The minimum absolute atomic E-state index is 0.123. The number of hydrazine groups is 1. The van der Waals surface area contributed by atoms with E-state index in [2.05, 4.69) is 30.4 Å². The summed E-state index contributed by atoms with van der Waals surface area (Å²) in [6.07, 6.45) is -1.34. The molecule has 0 aliphatic carbocycles. The summed E-state index contributed by atoms with van der Waals surface area (Å²) in [6.45, 7) is 0.123. The van der Waals surface area contributed by atoms with Crippen LogP contribution in [0.15, 0.2) is 45.4 Å². The summed E-state index contributed by atoms with van der Waals surface area (Å²) in [6, 6.07) is 7.46. The fourth-order valence-electron chi connectivity index (χ4n) is 2.93. The van der Waals surface area contributed by atoms with E-state index in [4.69, 9.17) is 4.74 Å². The Morgan fingerprint density at radius 1 is 1.27 bits per heavy atom. The molecule has 0 saturated heterocycles. The number of hydrogen-bond donors (Lipinski definition) is 2. The molecule has 2 N–H and O–H groups in total. The van der Waals surface area contributed by atoms with E-state index in [1.807, 2.05) is 24.3 Å².